The fraction of sp³-hybridized carbons (Fsp3) is 0.333. The molecular weight excluding hydrogens is 390 g/mol. The maximum atomic E-state index is 11.9. The van der Waals surface area contributed by atoms with Crippen LogP contribution in [0.5, 0.6) is 11.5 Å². The van der Waals surface area contributed by atoms with Crippen LogP contribution in [0.1, 0.15) is 37.0 Å². The number of aromatic nitrogens is 2. The predicted molar refractivity (Wildman–Crippen MR) is 127 cm³/mol. The van der Waals surface area contributed by atoms with Crippen molar-refractivity contribution in [2.45, 2.75) is 33.2 Å². The number of hydrogen-bond donors (Lipinski definition) is 3. The molecule has 7 nitrogen and oxygen atoms in total. The summed E-state index contributed by atoms with van der Waals surface area (Å²) in [7, 11) is 3.73. The van der Waals surface area contributed by atoms with Gasteiger partial charge in [0.2, 0.25) is 0 Å². The monoisotopic (exact) mass is 423 g/mol. The number of rotatable bonds is 9. The summed E-state index contributed by atoms with van der Waals surface area (Å²) in [5.74, 6) is 1.58. The number of carbonyl (C=O) groups excluding carboxylic acids is 1. The maximum absolute atomic E-state index is 11.9. The van der Waals surface area contributed by atoms with Gasteiger partial charge in [-0.2, -0.15) is 5.10 Å². The van der Waals surface area contributed by atoms with Gasteiger partial charge in [0, 0.05) is 19.2 Å². The molecule has 0 saturated heterocycles. The van der Waals surface area contributed by atoms with Gasteiger partial charge in [-0.15, -0.1) is 0 Å². The van der Waals surface area contributed by atoms with Crippen molar-refractivity contribution in [2.24, 2.45) is 5.73 Å². The third-order valence-corrected chi connectivity index (χ3v) is 4.62. The quantitative estimate of drug-likeness (QED) is 0.440. The molecule has 0 radical (unpaired) electrons. The highest BCUT2D eigenvalue weighted by atomic mass is 16.5. The first-order chi connectivity index (χ1) is 15.0. The molecule has 0 spiro atoms. The number of ether oxygens (including phenoxy) is 1. The van der Waals surface area contributed by atoms with E-state index in [1.165, 1.54) is 12.8 Å². The average molecular weight is 424 g/mol. The number of anilines is 1. The highest BCUT2D eigenvalue weighted by Gasteiger charge is 2.22. The zero-order chi connectivity index (χ0) is 22.6. The van der Waals surface area contributed by atoms with Crippen molar-refractivity contribution in [2.75, 3.05) is 26.0 Å². The first kappa shape index (κ1) is 24.0. The van der Waals surface area contributed by atoms with Gasteiger partial charge in [0.05, 0.1) is 0 Å². The van der Waals surface area contributed by atoms with E-state index < -0.39 is 5.91 Å². The largest absolute Gasteiger partial charge is 0.457 e. The highest BCUT2D eigenvalue weighted by molar-refractivity contribution is 6.03. The first-order valence-electron chi connectivity index (χ1n) is 10.6. The minimum atomic E-state index is -0.510. The van der Waals surface area contributed by atoms with Crippen molar-refractivity contribution in [1.29, 1.82) is 0 Å². The van der Waals surface area contributed by atoms with Crippen LogP contribution in [0.15, 0.2) is 54.6 Å². The van der Waals surface area contributed by atoms with Crippen molar-refractivity contribution < 1.29 is 9.53 Å². The Morgan fingerprint density at radius 3 is 2.16 bits per heavy atom. The number of aryl methyl sites for hydroxylation is 1. The predicted octanol–water partition coefficient (Wildman–Crippen LogP) is 4.51. The third-order valence-electron chi connectivity index (χ3n) is 4.62. The lowest BCUT2D eigenvalue weighted by atomic mass is 10.1. The van der Waals surface area contributed by atoms with Crippen LogP contribution in [0, 0.1) is 0 Å². The van der Waals surface area contributed by atoms with Gasteiger partial charge in [0.15, 0.2) is 0 Å². The minimum absolute atomic E-state index is 0.390. The molecule has 0 bridgehead atoms. The normalized spacial score (nSPS) is 10.2. The Morgan fingerprint density at radius 1 is 1.03 bits per heavy atom. The SMILES string of the molecule is CCCCNC.CCn1nc(-c2ccc(Oc3ccccc3)cc2)c(C(N)=O)c1NC. The number of primary amides is 1. The molecular formula is C24H33N5O2. The van der Waals surface area contributed by atoms with E-state index in [9.17, 15) is 4.79 Å². The van der Waals surface area contributed by atoms with E-state index >= 15 is 0 Å². The Hall–Kier alpha value is -3.32. The second-order valence-corrected chi connectivity index (χ2v) is 6.90. The maximum Gasteiger partial charge on any atom is 0.254 e. The number of amides is 1. The topological polar surface area (TPSA) is 94.2 Å². The second kappa shape index (κ2) is 12.4. The van der Waals surface area contributed by atoms with Gasteiger partial charge in [-0.3, -0.25) is 4.79 Å². The molecule has 0 atom stereocenters. The number of carbonyl (C=O) groups is 1. The molecule has 0 aliphatic rings. The van der Waals surface area contributed by atoms with Crippen LogP contribution in [0.25, 0.3) is 11.3 Å². The molecule has 0 fully saturated rings. The number of unbranched alkanes of at least 4 members (excludes halogenated alkanes) is 1. The van der Waals surface area contributed by atoms with Crippen molar-refractivity contribution in [3.05, 3.63) is 60.2 Å². The summed E-state index contributed by atoms with van der Waals surface area (Å²) in [6.07, 6.45) is 2.59. The molecule has 0 saturated carbocycles. The van der Waals surface area contributed by atoms with Crippen LogP contribution in [-0.4, -0.2) is 36.3 Å². The van der Waals surface area contributed by atoms with E-state index in [2.05, 4.69) is 22.7 Å². The smallest absolute Gasteiger partial charge is 0.254 e. The summed E-state index contributed by atoms with van der Waals surface area (Å²) in [5, 5.41) is 10.6. The van der Waals surface area contributed by atoms with E-state index in [-0.39, 0.29) is 0 Å². The standard InChI is InChI=1S/C19H20N4O2.C5H13N/c1-3-23-19(21-2)16(18(20)24)17(22-23)13-9-11-15(12-10-13)25-14-7-5-4-6-8-14;1-3-4-5-6-2/h4-12,21H,3H2,1-2H3,(H2,20,24);6H,3-5H2,1-2H3. The molecule has 2 aromatic carbocycles. The Bertz CT molecular complexity index is 933. The molecule has 3 aromatic rings. The first-order valence-corrected chi connectivity index (χ1v) is 10.6. The lowest BCUT2D eigenvalue weighted by molar-refractivity contribution is 0.100. The number of para-hydroxylation sites is 1. The van der Waals surface area contributed by atoms with Gasteiger partial charge in [-0.1, -0.05) is 31.5 Å². The molecule has 0 unspecified atom stereocenters. The van der Waals surface area contributed by atoms with Gasteiger partial charge in [0.1, 0.15) is 28.6 Å². The summed E-state index contributed by atoms with van der Waals surface area (Å²) in [5.41, 5.74) is 7.33. The Labute approximate surface area is 184 Å². The van der Waals surface area contributed by atoms with E-state index in [1.54, 1.807) is 11.7 Å². The van der Waals surface area contributed by atoms with Gasteiger partial charge in [0.25, 0.3) is 5.91 Å². The molecule has 31 heavy (non-hydrogen) atoms. The van der Waals surface area contributed by atoms with Crippen LogP contribution in [0.4, 0.5) is 5.82 Å². The van der Waals surface area contributed by atoms with Crippen LogP contribution < -0.4 is 21.1 Å². The fourth-order valence-corrected chi connectivity index (χ4v) is 3.04. The highest BCUT2D eigenvalue weighted by Crippen LogP contribution is 2.30. The third kappa shape index (κ3) is 6.58. The molecule has 1 aromatic heterocycles. The summed E-state index contributed by atoms with van der Waals surface area (Å²) in [4.78, 5) is 11.9. The summed E-state index contributed by atoms with van der Waals surface area (Å²) >= 11 is 0. The molecule has 0 aliphatic heterocycles. The van der Waals surface area contributed by atoms with Crippen molar-refractivity contribution in [3.63, 3.8) is 0 Å². The lowest BCUT2D eigenvalue weighted by Gasteiger charge is -2.06. The Kier molecular flexibility index (Phi) is 9.58. The summed E-state index contributed by atoms with van der Waals surface area (Å²) < 4.78 is 7.51. The number of hydrogen-bond acceptors (Lipinski definition) is 5. The van der Waals surface area contributed by atoms with E-state index in [0.717, 1.165) is 17.9 Å². The number of nitrogens with zero attached hydrogens (tertiary/aromatic N) is 2. The molecule has 4 N–H and O–H groups in total. The zero-order valence-corrected chi connectivity index (χ0v) is 18.8. The summed E-state index contributed by atoms with van der Waals surface area (Å²) in [6.45, 7) is 5.94. The van der Waals surface area contributed by atoms with E-state index in [1.807, 2.05) is 68.6 Å². The van der Waals surface area contributed by atoms with Crippen LogP contribution >= 0.6 is 0 Å². The van der Waals surface area contributed by atoms with Crippen molar-refractivity contribution in [1.82, 2.24) is 15.1 Å². The molecule has 1 heterocycles. The molecule has 166 valence electrons. The van der Waals surface area contributed by atoms with Crippen LogP contribution in [0.2, 0.25) is 0 Å². The molecule has 7 heteroatoms. The minimum Gasteiger partial charge on any atom is -0.457 e. The number of nitrogens with two attached hydrogens (primary N) is 1. The van der Waals surface area contributed by atoms with Crippen LogP contribution in [0.3, 0.4) is 0 Å². The van der Waals surface area contributed by atoms with Crippen LogP contribution in [-0.2, 0) is 6.54 Å². The molecule has 0 aliphatic carbocycles. The van der Waals surface area contributed by atoms with Crippen molar-refractivity contribution >= 4 is 11.7 Å². The average Bonchev–Trinajstić information content (AvgIpc) is 3.18. The fourth-order valence-electron chi connectivity index (χ4n) is 3.04. The van der Waals surface area contributed by atoms with Crippen molar-refractivity contribution in [3.8, 4) is 22.8 Å². The van der Waals surface area contributed by atoms with Gasteiger partial charge in [-0.05, 0) is 63.3 Å². The van der Waals surface area contributed by atoms with E-state index in [0.29, 0.717) is 29.4 Å². The summed E-state index contributed by atoms with van der Waals surface area (Å²) in [6, 6.07) is 17.0. The van der Waals surface area contributed by atoms with E-state index in [4.69, 9.17) is 10.5 Å². The molecule has 1 amide bonds. The Morgan fingerprint density at radius 2 is 1.68 bits per heavy atom. The Balaban J connectivity index is 0.000000501. The van der Waals surface area contributed by atoms with Gasteiger partial charge < -0.3 is 21.1 Å². The number of nitrogens with one attached hydrogen (secondary N) is 2. The zero-order valence-electron chi connectivity index (χ0n) is 18.8. The van der Waals surface area contributed by atoms with Gasteiger partial charge in [-0.25, -0.2) is 4.68 Å². The lowest BCUT2D eigenvalue weighted by Crippen LogP contribution is -2.14. The second-order valence-electron chi connectivity index (χ2n) is 6.90. The number of benzene rings is 2. The molecule has 3 rings (SSSR count). The van der Waals surface area contributed by atoms with Gasteiger partial charge >= 0.3 is 0 Å².